The molecule has 3 rings (SSSR count). The van der Waals surface area contributed by atoms with Gasteiger partial charge in [-0.15, -0.1) is 0 Å². The van der Waals surface area contributed by atoms with Crippen LogP contribution >= 0.6 is 11.6 Å². The van der Waals surface area contributed by atoms with Gasteiger partial charge in [-0.3, -0.25) is 0 Å². The first kappa shape index (κ1) is 21.1. The van der Waals surface area contributed by atoms with Crippen LogP contribution in [0.5, 0.6) is 5.75 Å². The molecule has 0 spiro atoms. The van der Waals surface area contributed by atoms with E-state index in [1.165, 1.54) is 17.0 Å². The van der Waals surface area contributed by atoms with Crippen LogP contribution in [-0.2, 0) is 0 Å². The molecule has 0 fully saturated rings. The Kier molecular flexibility index (Phi) is 6.54. The molecule has 0 aliphatic carbocycles. The average molecular weight is 426 g/mol. The number of anilines is 1. The average Bonchev–Trinajstić information content (AvgIpc) is 2.74. The number of rotatable bonds is 6. The van der Waals surface area contributed by atoms with Crippen LogP contribution in [-0.4, -0.2) is 41.1 Å². The van der Waals surface area contributed by atoms with Gasteiger partial charge in [0.2, 0.25) is 0 Å². The summed E-state index contributed by atoms with van der Waals surface area (Å²) >= 11 is 6.25. The molecule has 1 amide bonds. The molecule has 0 bridgehead atoms. The number of aromatic nitrogens is 1. The van der Waals surface area contributed by atoms with E-state index < -0.39 is 18.1 Å². The molecule has 1 heterocycles. The van der Waals surface area contributed by atoms with Gasteiger partial charge in [0.15, 0.2) is 0 Å². The predicted octanol–water partition coefficient (Wildman–Crippen LogP) is 4.70. The zero-order valence-corrected chi connectivity index (χ0v) is 17.1. The number of carboxylic acid groups (broad SMARTS) is 1. The van der Waals surface area contributed by atoms with Crippen molar-refractivity contribution in [2.24, 2.45) is 0 Å². The molecule has 30 heavy (non-hydrogen) atoms. The number of ether oxygens (including phenoxy) is 1. The second kappa shape index (κ2) is 9.28. The first-order valence-corrected chi connectivity index (χ1v) is 9.42. The Labute approximate surface area is 178 Å². The number of benzene rings is 2. The lowest BCUT2D eigenvalue weighted by Crippen LogP contribution is -2.26. The summed E-state index contributed by atoms with van der Waals surface area (Å²) in [6, 6.07) is 16.3. The minimum Gasteiger partial charge on any atom is -0.478 e. The Balaban J connectivity index is 2.08. The highest BCUT2D eigenvalue weighted by Gasteiger charge is 2.22. The number of nitrogens with one attached hydrogen (secondary N) is 1. The topological polar surface area (TPSA) is 91.8 Å². The Morgan fingerprint density at radius 1 is 1.10 bits per heavy atom. The molecule has 0 radical (unpaired) electrons. The molecule has 3 aromatic rings. The van der Waals surface area contributed by atoms with Crippen molar-refractivity contribution in [3.05, 3.63) is 88.6 Å². The van der Waals surface area contributed by atoms with Gasteiger partial charge in [0.1, 0.15) is 11.6 Å². The van der Waals surface area contributed by atoms with Gasteiger partial charge in [0, 0.05) is 30.9 Å². The lowest BCUT2D eigenvalue weighted by Gasteiger charge is -2.23. The highest BCUT2D eigenvalue weighted by molar-refractivity contribution is 6.30. The first-order chi connectivity index (χ1) is 14.3. The lowest BCUT2D eigenvalue weighted by molar-refractivity contribution is 0.0697. The maximum atomic E-state index is 12.2. The van der Waals surface area contributed by atoms with Gasteiger partial charge in [0.25, 0.3) is 0 Å². The number of hydrogen-bond donors (Lipinski definition) is 2. The molecular formula is C22H20ClN3O4. The summed E-state index contributed by atoms with van der Waals surface area (Å²) < 4.78 is 5.54. The van der Waals surface area contributed by atoms with E-state index in [1.54, 1.807) is 62.8 Å². The van der Waals surface area contributed by atoms with Gasteiger partial charge in [-0.2, -0.15) is 0 Å². The Morgan fingerprint density at radius 2 is 1.83 bits per heavy atom. The molecule has 2 aromatic carbocycles. The standard InChI is InChI=1S/C22H20ClN3O4/c1-26(2)22(29)30-18-11-10-16(23)13-17(18)20(25-19-5-3-4-12-24-19)14-6-8-15(9-7-14)21(27)28/h3-13,20H,1-2H3,(H,24,25)(H,27,28). The highest BCUT2D eigenvalue weighted by Crippen LogP contribution is 2.35. The van der Waals surface area contributed by atoms with Crippen molar-refractivity contribution in [3.8, 4) is 5.75 Å². The number of halogens is 1. The molecule has 0 aliphatic rings. The molecule has 2 N–H and O–H groups in total. The summed E-state index contributed by atoms with van der Waals surface area (Å²) in [6.45, 7) is 0. The molecule has 1 atom stereocenters. The Bertz CT molecular complexity index is 1040. The maximum absolute atomic E-state index is 12.2. The van der Waals surface area contributed by atoms with Gasteiger partial charge in [-0.05, 0) is 48.0 Å². The zero-order valence-electron chi connectivity index (χ0n) is 16.4. The molecule has 154 valence electrons. The van der Waals surface area contributed by atoms with E-state index in [2.05, 4.69) is 10.3 Å². The van der Waals surface area contributed by atoms with E-state index in [-0.39, 0.29) is 5.56 Å². The van der Waals surface area contributed by atoms with E-state index in [9.17, 15) is 14.7 Å². The van der Waals surface area contributed by atoms with Crippen molar-refractivity contribution in [2.45, 2.75) is 6.04 Å². The van der Waals surface area contributed by atoms with Gasteiger partial charge in [-0.1, -0.05) is 29.8 Å². The second-order valence-corrected chi connectivity index (χ2v) is 7.10. The molecule has 0 saturated heterocycles. The monoisotopic (exact) mass is 425 g/mol. The number of carboxylic acids is 1. The quantitative estimate of drug-likeness (QED) is 0.595. The largest absolute Gasteiger partial charge is 0.478 e. The van der Waals surface area contributed by atoms with Crippen molar-refractivity contribution in [1.82, 2.24) is 9.88 Å². The number of nitrogens with zero attached hydrogens (tertiary/aromatic N) is 2. The minimum atomic E-state index is -1.01. The van der Waals surface area contributed by atoms with Crippen molar-refractivity contribution >= 4 is 29.5 Å². The van der Waals surface area contributed by atoms with Crippen molar-refractivity contribution in [1.29, 1.82) is 0 Å². The summed E-state index contributed by atoms with van der Waals surface area (Å²) in [5.41, 5.74) is 1.52. The molecule has 0 saturated carbocycles. The Morgan fingerprint density at radius 3 is 2.43 bits per heavy atom. The van der Waals surface area contributed by atoms with Crippen molar-refractivity contribution in [2.75, 3.05) is 19.4 Å². The van der Waals surface area contributed by atoms with Crippen LogP contribution in [0.15, 0.2) is 66.9 Å². The second-order valence-electron chi connectivity index (χ2n) is 6.66. The third-order valence-corrected chi connectivity index (χ3v) is 4.53. The smallest absolute Gasteiger partial charge is 0.414 e. The van der Waals surface area contributed by atoms with Crippen LogP contribution in [0, 0.1) is 0 Å². The van der Waals surface area contributed by atoms with Crippen molar-refractivity contribution in [3.63, 3.8) is 0 Å². The van der Waals surface area contributed by atoms with E-state index in [0.717, 1.165) is 5.56 Å². The van der Waals surface area contributed by atoms with E-state index >= 15 is 0 Å². The fourth-order valence-electron chi connectivity index (χ4n) is 2.78. The van der Waals surface area contributed by atoms with Crippen LogP contribution < -0.4 is 10.1 Å². The van der Waals surface area contributed by atoms with Crippen molar-refractivity contribution < 1.29 is 19.4 Å². The van der Waals surface area contributed by atoms with Crippen LogP contribution in [0.25, 0.3) is 0 Å². The maximum Gasteiger partial charge on any atom is 0.414 e. The van der Waals surface area contributed by atoms with E-state index in [0.29, 0.717) is 22.2 Å². The number of amides is 1. The zero-order chi connectivity index (χ0) is 21.7. The van der Waals surface area contributed by atoms with Crippen LogP contribution in [0.3, 0.4) is 0 Å². The van der Waals surface area contributed by atoms with Gasteiger partial charge in [-0.25, -0.2) is 14.6 Å². The Hall–Kier alpha value is -3.58. The summed E-state index contributed by atoms with van der Waals surface area (Å²) in [7, 11) is 3.18. The predicted molar refractivity (Wildman–Crippen MR) is 114 cm³/mol. The van der Waals surface area contributed by atoms with Gasteiger partial charge >= 0.3 is 12.1 Å². The molecule has 1 unspecified atom stereocenters. The third kappa shape index (κ3) is 5.07. The molecule has 7 nitrogen and oxygen atoms in total. The number of carbonyl (C=O) groups is 2. The normalized spacial score (nSPS) is 11.4. The fraction of sp³-hybridized carbons (Fsp3) is 0.136. The van der Waals surface area contributed by atoms with E-state index in [1.807, 2.05) is 6.07 Å². The van der Waals surface area contributed by atoms with Gasteiger partial charge < -0.3 is 20.1 Å². The summed E-state index contributed by atoms with van der Waals surface area (Å²) in [4.78, 5) is 29.0. The van der Waals surface area contributed by atoms with E-state index in [4.69, 9.17) is 16.3 Å². The fourth-order valence-corrected chi connectivity index (χ4v) is 2.96. The first-order valence-electron chi connectivity index (χ1n) is 9.04. The molecule has 1 aromatic heterocycles. The van der Waals surface area contributed by atoms with Crippen LogP contribution in [0.1, 0.15) is 27.5 Å². The summed E-state index contributed by atoms with van der Waals surface area (Å²) in [5, 5.41) is 13.0. The number of hydrogen-bond acceptors (Lipinski definition) is 5. The SMILES string of the molecule is CN(C)C(=O)Oc1ccc(Cl)cc1C(Nc1ccccn1)c1ccc(C(=O)O)cc1. The highest BCUT2D eigenvalue weighted by atomic mass is 35.5. The number of carbonyl (C=O) groups excluding carboxylic acids is 1. The summed E-state index contributed by atoms with van der Waals surface area (Å²) in [5.74, 6) is -0.0948. The van der Waals surface area contributed by atoms with Crippen LogP contribution in [0.4, 0.5) is 10.6 Å². The number of aromatic carboxylic acids is 1. The van der Waals surface area contributed by atoms with Gasteiger partial charge in [0.05, 0.1) is 11.6 Å². The summed E-state index contributed by atoms with van der Waals surface area (Å²) in [6.07, 6.45) is 1.12. The number of pyridine rings is 1. The third-order valence-electron chi connectivity index (χ3n) is 4.29. The van der Waals surface area contributed by atoms with Crippen LogP contribution in [0.2, 0.25) is 5.02 Å². The molecular weight excluding hydrogens is 406 g/mol. The minimum absolute atomic E-state index is 0.167. The molecule has 0 aliphatic heterocycles. The lowest BCUT2D eigenvalue weighted by atomic mass is 9.96. The molecule has 8 heteroatoms.